The maximum atomic E-state index is 12.6. The molecule has 1 aromatic carbocycles. The summed E-state index contributed by atoms with van der Waals surface area (Å²) in [4.78, 5) is 19.5. The summed E-state index contributed by atoms with van der Waals surface area (Å²) in [6, 6.07) is 7.06. The van der Waals surface area contributed by atoms with Crippen molar-refractivity contribution in [2.75, 3.05) is 37.5 Å². The second kappa shape index (κ2) is 8.08. The van der Waals surface area contributed by atoms with Gasteiger partial charge in [0.25, 0.3) is 5.91 Å². The number of piperidine rings is 1. The van der Waals surface area contributed by atoms with E-state index in [1.807, 2.05) is 13.0 Å². The number of carbonyl (C=O) groups excluding carboxylic acids is 1. The first-order valence-electron chi connectivity index (χ1n) is 8.86. The van der Waals surface area contributed by atoms with Gasteiger partial charge in [-0.15, -0.1) is 0 Å². The first kappa shape index (κ1) is 18.0. The molecule has 1 saturated heterocycles. The smallest absolute Gasteiger partial charge is 0.255 e. The lowest BCUT2D eigenvalue weighted by molar-refractivity contribution is 0.102. The molecule has 0 aliphatic carbocycles. The van der Waals surface area contributed by atoms with Gasteiger partial charge in [-0.1, -0.05) is 0 Å². The van der Waals surface area contributed by atoms with E-state index in [0.29, 0.717) is 22.7 Å². The Morgan fingerprint density at radius 3 is 2.27 bits per heavy atom. The minimum absolute atomic E-state index is 0.228. The summed E-state index contributed by atoms with van der Waals surface area (Å²) in [5, 5.41) is 2.90. The van der Waals surface area contributed by atoms with Crippen LogP contribution in [0.4, 0.5) is 11.5 Å². The maximum Gasteiger partial charge on any atom is 0.255 e. The van der Waals surface area contributed by atoms with Gasteiger partial charge in [0, 0.05) is 24.7 Å². The quantitative estimate of drug-likeness (QED) is 0.887. The van der Waals surface area contributed by atoms with Crippen LogP contribution in [0.25, 0.3) is 0 Å². The number of nitrogens with zero attached hydrogens (tertiary/aromatic N) is 2. The number of hydrogen-bond acceptors (Lipinski definition) is 5. The molecule has 6 nitrogen and oxygen atoms in total. The molecule has 0 spiro atoms. The van der Waals surface area contributed by atoms with Gasteiger partial charge in [-0.2, -0.15) is 0 Å². The number of aromatic nitrogens is 1. The fourth-order valence-electron chi connectivity index (χ4n) is 3.21. The predicted molar refractivity (Wildman–Crippen MR) is 103 cm³/mol. The molecular formula is C20H25N3O3. The number of carbonyl (C=O) groups is 1. The fraction of sp³-hybridized carbons (Fsp3) is 0.400. The molecule has 1 aliphatic rings. The minimum Gasteiger partial charge on any atom is -0.497 e. The van der Waals surface area contributed by atoms with Crippen LogP contribution >= 0.6 is 0 Å². The van der Waals surface area contributed by atoms with Gasteiger partial charge in [0.2, 0.25) is 0 Å². The Hall–Kier alpha value is -2.76. The number of rotatable bonds is 5. The highest BCUT2D eigenvalue weighted by Gasteiger charge is 2.16. The van der Waals surface area contributed by atoms with E-state index in [2.05, 4.69) is 15.2 Å². The van der Waals surface area contributed by atoms with Crippen LogP contribution in [0.15, 0.2) is 30.5 Å². The van der Waals surface area contributed by atoms with E-state index < -0.39 is 0 Å². The van der Waals surface area contributed by atoms with Gasteiger partial charge in [-0.3, -0.25) is 4.79 Å². The third-order valence-electron chi connectivity index (χ3n) is 4.58. The zero-order valence-electron chi connectivity index (χ0n) is 15.5. The Labute approximate surface area is 154 Å². The third-order valence-corrected chi connectivity index (χ3v) is 4.58. The lowest BCUT2D eigenvalue weighted by atomic mass is 10.1. The first-order valence-corrected chi connectivity index (χ1v) is 8.86. The average Bonchev–Trinajstić information content (AvgIpc) is 2.68. The number of benzene rings is 1. The number of ether oxygens (including phenoxy) is 2. The molecule has 1 aromatic heterocycles. The number of anilines is 2. The Balaban J connectivity index is 1.76. The van der Waals surface area contributed by atoms with Crippen molar-refractivity contribution in [3.63, 3.8) is 0 Å². The summed E-state index contributed by atoms with van der Waals surface area (Å²) in [5.41, 5.74) is 2.21. The van der Waals surface area contributed by atoms with Crippen LogP contribution < -0.4 is 19.7 Å². The predicted octanol–water partition coefficient (Wildman–Crippen LogP) is 3.65. The third kappa shape index (κ3) is 4.07. The van der Waals surface area contributed by atoms with Crippen molar-refractivity contribution in [1.82, 2.24) is 4.98 Å². The van der Waals surface area contributed by atoms with Crippen LogP contribution in [-0.2, 0) is 0 Å². The van der Waals surface area contributed by atoms with Crippen LogP contribution in [0.1, 0.15) is 35.2 Å². The van der Waals surface area contributed by atoms with E-state index in [1.54, 1.807) is 38.6 Å². The lowest BCUT2D eigenvalue weighted by Crippen LogP contribution is -2.30. The Morgan fingerprint density at radius 1 is 1.04 bits per heavy atom. The first-order chi connectivity index (χ1) is 12.6. The van der Waals surface area contributed by atoms with Gasteiger partial charge in [0.15, 0.2) is 0 Å². The Kier molecular flexibility index (Phi) is 5.61. The second-order valence-corrected chi connectivity index (χ2v) is 6.47. The highest BCUT2D eigenvalue weighted by Crippen LogP contribution is 2.25. The highest BCUT2D eigenvalue weighted by molar-refractivity contribution is 6.04. The molecule has 1 fully saturated rings. The summed E-state index contributed by atoms with van der Waals surface area (Å²) in [7, 11) is 3.12. The van der Waals surface area contributed by atoms with E-state index in [0.717, 1.165) is 24.5 Å². The van der Waals surface area contributed by atoms with Crippen LogP contribution in [0.2, 0.25) is 0 Å². The van der Waals surface area contributed by atoms with Crippen LogP contribution in [0.5, 0.6) is 11.5 Å². The maximum absolute atomic E-state index is 12.6. The van der Waals surface area contributed by atoms with E-state index in [-0.39, 0.29) is 5.91 Å². The number of aryl methyl sites for hydroxylation is 1. The zero-order chi connectivity index (χ0) is 18.5. The molecule has 0 saturated carbocycles. The van der Waals surface area contributed by atoms with Gasteiger partial charge in [-0.05, 0) is 49.9 Å². The van der Waals surface area contributed by atoms with Gasteiger partial charge in [0.05, 0.1) is 26.1 Å². The van der Waals surface area contributed by atoms with Gasteiger partial charge in [0.1, 0.15) is 17.3 Å². The van der Waals surface area contributed by atoms with E-state index in [9.17, 15) is 4.79 Å². The standard InChI is InChI=1S/C20H25N3O3/c1-14-9-16(13-21-19(14)23-7-5-4-6-8-23)22-20(24)15-10-17(25-2)12-18(11-15)26-3/h9-13H,4-8H2,1-3H3,(H,22,24). The summed E-state index contributed by atoms with van der Waals surface area (Å²) < 4.78 is 10.4. The van der Waals surface area contributed by atoms with Crippen molar-refractivity contribution in [2.45, 2.75) is 26.2 Å². The Morgan fingerprint density at radius 2 is 1.69 bits per heavy atom. The van der Waals surface area contributed by atoms with Crippen LogP contribution in [0, 0.1) is 6.92 Å². The second-order valence-electron chi connectivity index (χ2n) is 6.47. The van der Waals surface area contributed by atoms with Crippen LogP contribution in [-0.4, -0.2) is 38.2 Å². The molecule has 138 valence electrons. The molecule has 2 aromatic rings. The summed E-state index contributed by atoms with van der Waals surface area (Å²) >= 11 is 0. The highest BCUT2D eigenvalue weighted by atomic mass is 16.5. The van der Waals surface area contributed by atoms with Gasteiger partial charge in [-0.25, -0.2) is 4.98 Å². The monoisotopic (exact) mass is 355 g/mol. The van der Waals surface area contributed by atoms with Crippen molar-refractivity contribution < 1.29 is 14.3 Å². The lowest BCUT2D eigenvalue weighted by Gasteiger charge is -2.29. The number of pyridine rings is 1. The van der Waals surface area contributed by atoms with E-state index in [4.69, 9.17) is 9.47 Å². The average molecular weight is 355 g/mol. The summed E-state index contributed by atoms with van der Waals surface area (Å²) in [6.45, 7) is 4.12. The van der Waals surface area contributed by atoms with Crippen molar-refractivity contribution in [3.05, 3.63) is 41.6 Å². The zero-order valence-corrected chi connectivity index (χ0v) is 15.5. The SMILES string of the molecule is COc1cc(OC)cc(C(=O)Nc2cnc(N3CCCCC3)c(C)c2)c1. The molecule has 1 amide bonds. The topological polar surface area (TPSA) is 63.7 Å². The fourth-order valence-corrected chi connectivity index (χ4v) is 3.21. The molecule has 1 aliphatic heterocycles. The van der Waals surface area contributed by atoms with Crippen molar-refractivity contribution in [2.24, 2.45) is 0 Å². The number of methoxy groups -OCH3 is 2. The van der Waals surface area contributed by atoms with Crippen LogP contribution in [0.3, 0.4) is 0 Å². The molecule has 26 heavy (non-hydrogen) atoms. The van der Waals surface area contributed by atoms with E-state index in [1.165, 1.54) is 19.3 Å². The molecule has 0 unspecified atom stereocenters. The molecule has 3 rings (SSSR count). The molecule has 6 heteroatoms. The minimum atomic E-state index is -0.228. The largest absolute Gasteiger partial charge is 0.497 e. The summed E-state index contributed by atoms with van der Waals surface area (Å²) in [6.07, 6.45) is 5.41. The molecule has 0 atom stereocenters. The normalized spacial score (nSPS) is 14.0. The molecule has 2 heterocycles. The van der Waals surface area contributed by atoms with Crippen molar-refractivity contribution in [1.29, 1.82) is 0 Å². The number of hydrogen-bond donors (Lipinski definition) is 1. The van der Waals surface area contributed by atoms with Gasteiger partial charge >= 0.3 is 0 Å². The Bertz CT molecular complexity index is 764. The molecule has 1 N–H and O–H groups in total. The van der Waals surface area contributed by atoms with E-state index >= 15 is 0 Å². The molecular weight excluding hydrogens is 330 g/mol. The van der Waals surface area contributed by atoms with Crippen molar-refractivity contribution in [3.8, 4) is 11.5 Å². The molecule has 0 radical (unpaired) electrons. The van der Waals surface area contributed by atoms with Gasteiger partial charge < -0.3 is 19.7 Å². The number of nitrogens with one attached hydrogen (secondary N) is 1. The molecule has 0 bridgehead atoms. The number of amides is 1. The van der Waals surface area contributed by atoms with Crippen molar-refractivity contribution >= 4 is 17.4 Å². The summed E-state index contributed by atoms with van der Waals surface area (Å²) in [5.74, 6) is 1.92.